The molecule has 1 aromatic heterocycles. The highest BCUT2D eigenvalue weighted by Crippen LogP contribution is 2.31. The van der Waals surface area contributed by atoms with Crippen LogP contribution in [-0.4, -0.2) is 55.1 Å². The number of halogens is 1. The minimum absolute atomic E-state index is 0.0643. The number of thiazole rings is 1. The van der Waals surface area contributed by atoms with E-state index in [2.05, 4.69) is 43.2 Å². The predicted molar refractivity (Wildman–Crippen MR) is 141 cm³/mol. The molecule has 5 rings (SSSR count). The third-order valence-corrected chi connectivity index (χ3v) is 7.36. The van der Waals surface area contributed by atoms with Crippen molar-refractivity contribution < 1.29 is 9.53 Å². The number of fused-ring (bicyclic) bond motifs is 1. The van der Waals surface area contributed by atoms with Crippen LogP contribution in [0.5, 0.6) is 11.5 Å². The smallest absolute Gasteiger partial charge is 0.251 e. The molecule has 0 bridgehead atoms. The number of nitrogens with zero attached hydrogens (tertiary/aromatic N) is 3. The van der Waals surface area contributed by atoms with Crippen LogP contribution in [0.2, 0.25) is 0 Å². The Labute approximate surface area is 211 Å². The standard InChI is InChI=1S/C26H25BrN4O2S/c27-20-8-11-23-24(18-20)34-26(29-23)31-16-14-30(15-17-31)13-12-28-25(32)19-6-9-22(10-7-19)33-21-4-2-1-3-5-21/h1-11,18H,12-17H2,(H,28,32). The van der Waals surface area contributed by atoms with Gasteiger partial charge in [0.2, 0.25) is 0 Å². The van der Waals surface area contributed by atoms with Crippen molar-refractivity contribution in [3.05, 3.63) is 82.8 Å². The van der Waals surface area contributed by atoms with E-state index in [1.54, 1.807) is 23.5 Å². The van der Waals surface area contributed by atoms with Crippen molar-refractivity contribution in [3.63, 3.8) is 0 Å². The second kappa shape index (κ2) is 10.5. The van der Waals surface area contributed by atoms with Gasteiger partial charge in [-0.3, -0.25) is 9.69 Å². The van der Waals surface area contributed by atoms with Gasteiger partial charge in [0, 0.05) is 49.3 Å². The van der Waals surface area contributed by atoms with Crippen LogP contribution >= 0.6 is 27.3 Å². The van der Waals surface area contributed by atoms with Gasteiger partial charge in [-0.25, -0.2) is 4.98 Å². The Balaban J connectivity index is 1.06. The van der Waals surface area contributed by atoms with Gasteiger partial charge in [-0.05, 0) is 54.6 Å². The van der Waals surface area contributed by atoms with Crippen LogP contribution in [0.1, 0.15) is 10.4 Å². The Morgan fingerprint density at radius 2 is 1.71 bits per heavy atom. The van der Waals surface area contributed by atoms with Crippen LogP contribution in [0.15, 0.2) is 77.3 Å². The molecule has 8 heteroatoms. The van der Waals surface area contributed by atoms with Crippen LogP contribution in [-0.2, 0) is 0 Å². The maximum absolute atomic E-state index is 12.5. The number of hydrogen-bond acceptors (Lipinski definition) is 6. The highest BCUT2D eigenvalue weighted by atomic mass is 79.9. The molecule has 6 nitrogen and oxygen atoms in total. The molecule has 174 valence electrons. The first-order chi connectivity index (χ1) is 16.6. The fourth-order valence-electron chi connectivity index (χ4n) is 3.91. The van der Waals surface area contributed by atoms with Crippen molar-refractivity contribution >= 4 is 48.5 Å². The molecule has 0 unspecified atom stereocenters. The largest absolute Gasteiger partial charge is 0.457 e. The summed E-state index contributed by atoms with van der Waals surface area (Å²) in [5, 5.41) is 4.12. The molecule has 1 N–H and O–H groups in total. The van der Waals surface area contributed by atoms with Crippen LogP contribution in [0.3, 0.4) is 0 Å². The Hall–Kier alpha value is -2.94. The Morgan fingerprint density at radius 1 is 0.971 bits per heavy atom. The number of carbonyl (C=O) groups excluding carboxylic acids is 1. The van der Waals surface area contributed by atoms with E-state index >= 15 is 0 Å². The molecule has 2 heterocycles. The number of ether oxygens (including phenoxy) is 1. The monoisotopic (exact) mass is 536 g/mol. The molecule has 0 saturated carbocycles. The normalized spacial score (nSPS) is 14.3. The van der Waals surface area contributed by atoms with Crippen molar-refractivity contribution in [2.24, 2.45) is 0 Å². The fourth-order valence-corrected chi connectivity index (χ4v) is 5.48. The number of rotatable bonds is 7. The fraction of sp³-hybridized carbons (Fsp3) is 0.231. The molecule has 0 radical (unpaired) electrons. The topological polar surface area (TPSA) is 57.7 Å². The van der Waals surface area contributed by atoms with E-state index in [0.29, 0.717) is 17.9 Å². The number of hydrogen-bond donors (Lipinski definition) is 1. The molecule has 3 aromatic carbocycles. The van der Waals surface area contributed by atoms with Gasteiger partial charge < -0.3 is 15.0 Å². The quantitative estimate of drug-likeness (QED) is 0.342. The molecule has 0 atom stereocenters. The summed E-state index contributed by atoms with van der Waals surface area (Å²) in [5.74, 6) is 1.42. The van der Waals surface area contributed by atoms with Crippen molar-refractivity contribution in [2.75, 3.05) is 44.2 Å². The molecule has 4 aromatic rings. The maximum Gasteiger partial charge on any atom is 0.251 e. The molecule has 1 saturated heterocycles. The molecule has 1 fully saturated rings. The maximum atomic E-state index is 12.5. The molecule has 34 heavy (non-hydrogen) atoms. The predicted octanol–water partition coefficient (Wildman–Crippen LogP) is 5.40. The van der Waals surface area contributed by atoms with Crippen molar-refractivity contribution in [2.45, 2.75) is 0 Å². The third-order valence-electron chi connectivity index (χ3n) is 5.79. The number of nitrogens with one attached hydrogen (secondary N) is 1. The first-order valence-electron chi connectivity index (χ1n) is 11.3. The first-order valence-corrected chi connectivity index (χ1v) is 12.9. The minimum atomic E-state index is -0.0643. The zero-order chi connectivity index (χ0) is 23.3. The summed E-state index contributed by atoms with van der Waals surface area (Å²) in [5.41, 5.74) is 1.68. The number of para-hydroxylation sites is 1. The highest BCUT2D eigenvalue weighted by molar-refractivity contribution is 9.10. The first kappa shape index (κ1) is 22.8. The van der Waals surface area contributed by atoms with Gasteiger partial charge in [-0.15, -0.1) is 0 Å². The van der Waals surface area contributed by atoms with E-state index in [1.165, 1.54) is 4.70 Å². The summed E-state index contributed by atoms with van der Waals surface area (Å²) in [7, 11) is 0. The van der Waals surface area contributed by atoms with Crippen molar-refractivity contribution in [3.8, 4) is 11.5 Å². The zero-order valence-corrected chi connectivity index (χ0v) is 21.0. The molecule has 0 spiro atoms. The lowest BCUT2D eigenvalue weighted by Crippen LogP contribution is -2.48. The van der Waals surface area contributed by atoms with Gasteiger partial charge in [-0.2, -0.15) is 0 Å². The Morgan fingerprint density at radius 3 is 2.47 bits per heavy atom. The summed E-state index contributed by atoms with van der Waals surface area (Å²) in [6.45, 7) is 5.26. The van der Waals surface area contributed by atoms with Crippen molar-refractivity contribution in [1.82, 2.24) is 15.2 Å². The van der Waals surface area contributed by atoms with Gasteiger partial charge in [0.25, 0.3) is 5.91 Å². The third kappa shape index (κ3) is 5.58. The molecule has 1 aliphatic rings. The van der Waals surface area contributed by atoms with E-state index in [9.17, 15) is 4.79 Å². The summed E-state index contributed by atoms with van der Waals surface area (Å²) < 4.78 is 8.07. The summed E-state index contributed by atoms with van der Waals surface area (Å²) in [6.07, 6.45) is 0. The van der Waals surface area contributed by atoms with Crippen LogP contribution < -0.4 is 15.0 Å². The van der Waals surface area contributed by atoms with E-state index in [-0.39, 0.29) is 5.91 Å². The minimum Gasteiger partial charge on any atom is -0.457 e. The van der Waals surface area contributed by atoms with Gasteiger partial charge in [0.1, 0.15) is 11.5 Å². The lowest BCUT2D eigenvalue weighted by molar-refractivity contribution is 0.0948. The zero-order valence-electron chi connectivity index (χ0n) is 18.6. The van der Waals surface area contributed by atoms with Crippen LogP contribution in [0, 0.1) is 0 Å². The molecular formula is C26H25BrN4O2S. The van der Waals surface area contributed by atoms with Crippen LogP contribution in [0.25, 0.3) is 10.2 Å². The Kier molecular flexibility index (Phi) is 7.08. The van der Waals surface area contributed by atoms with E-state index < -0.39 is 0 Å². The average molecular weight is 537 g/mol. The van der Waals surface area contributed by atoms with Gasteiger partial charge in [-0.1, -0.05) is 45.5 Å². The molecule has 0 aliphatic carbocycles. The lowest BCUT2D eigenvalue weighted by Gasteiger charge is -2.34. The lowest BCUT2D eigenvalue weighted by atomic mass is 10.2. The Bertz CT molecular complexity index is 1260. The van der Waals surface area contributed by atoms with Crippen molar-refractivity contribution in [1.29, 1.82) is 0 Å². The average Bonchev–Trinajstić information content (AvgIpc) is 3.29. The summed E-state index contributed by atoms with van der Waals surface area (Å²) >= 11 is 5.27. The number of benzene rings is 3. The molecular weight excluding hydrogens is 512 g/mol. The number of amides is 1. The van der Waals surface area contributed by atoms with E-state index in [0.717, 1.165) is 53.6 Å². The van der Waals surface area contributed by atoms with E-state index in [4.69, 9.17) is 9.72 Å². The number of aromatic nitrogens is 1. The highest BCUT2D eigenvalue weighted by Gasteiger charge is 2.20. The number of piperazine rings is 1. The number of anilines is 1. The molecule has 1 amide bonds. The molecule has 1 aliphatic heterocycles. The number of carbonyl (C=O) groups is 1. The second-order valence-corrected chi connectivity index (χ2v) is 10.1. The van der Waals surface area contributed by atoms with Gasteiger partial charge >= 0.3 is 0 Å². The SMILES string of the molecule is O=C(NCCN1CCN(c2nc3ccc(Br)cc3s2)CC1)c1ccc(Oc2ccccc2)cc1. The van der Waals surface area contributed by atoms with Gasteiger partial charge in [0.15, 0.2) is 5.13 Å². The van der Waals surface area contributed by atoms with Crippen LogP contribution in [0.4, 0.5) is 5.13 Å². The second-order valence-electron chi connectivity index (χ2n) is 8.13. The van der Waals surface area contributed by atoms with Gasteiger partial charge in [0.05, 0.1) is 10.2 Å². The summed E-state index contributed by atoms with van der Waals surface area (Å²) in [6, 6.07) is 23.1. The van der Waals surface area contributed by atoms with E-state index in [1.807, 2.05) is 48.5 Å². The summed E-state index contributed by atoms with van der Waals surface area (Å²) in [4.78, 5) is 22.0.